The van der Waals surface area contributed by atoms with Gasteiger partial charge in [-0.2, -0.15) is 0 Å². The molecule has 0 spiro atoms. The van der Waals surface area contributed by atoms with Gasteiger partial charge in [0.25, 0.3) is 0 Å². The third-order valence-corrected chi connectivity index (χ3v) is 7.41. The summed E-state index contributed by atoms with van der Waals surface area (Å²) in [6, 6.07) is 12.9. The van der Waals surface area contributed by atoms with Crippen molar-refractivity contribution in [1.82, 2.24) is 10.6 Å². The molecule has 2 amide bonds. The third kappa shape index (κ3) is 25.4. The van der Waals surface area contributed by atoms with Crippen molar-refractivity contribution >= 4 is 35.5 Å². The average Bonchev–Trinajstić information content (AvgIpc) is 3.19. The van der Waals surface area contributed by atoms with Gasteiger partial charge in [-0.05, 0) is 68.3 Å². The van der Waals surface area contributed by atoms with E-state index >= 15 is 0 Å². The summed E-state index contributed by atoms with van der Waals surface area (Å²) in [6.07, 6.45) is -0.0607. The number of carboxylic acid groups (broad SMARTS) is 2. The van der Waals surface area contributed by atoms with Crippen LogP contribution in [0.3, 0.4) is 0 Å². The van der Waals surface area contributed by atoms with Crippen LogP contribution in [0.2, 0.25) is 0 Å². The number of anilines is 2. The minimum absolute atomic E-state index is 0.111. The molecule has 2 atom stereocenters. The molecule has 320 valence electrons. The van der Waals surface area contributed by atoms with E-state index in [0.717, 1.165) is 37.3 Å². The van der Waals surface area contributed by atoms with Crippen molar-refractivity contribution in [3.8, 4) is 11.5 Å². The van der Waals surface area contributed by atoms with Crippen LogP contribution in [-0.2, 0) is 28.5 Å². The second kappa shape index (κ2) is 34.8. The van der Waals surface area contributed by atoms with Crippen LogP contribution in [0.4, 0.5) is 21.0 Å². The molecule has 4 N–H and O–H groups in total. The zero-order valence-electron chi connectivity index (χ0n) is 35.1. The Balaban J connectivity index is 0. The molecule has 2 aromatic rings. The van der Waals surface area contributed by atoms with Crippen LogP contribution in [0.25, 0.3) is 0 Å². The van der Waals surface area contributed by atoms with Gasteiger partial charge >= 0.3 is 24.1 Å². The van der Waals surface area contributed by atoms with Crippen molar-refractivity contribution in [2.75, 3.05) is 90.8 Å². The van der Waals surface area contributed by atoms with Crippen LogP contribution in [0.5, 0.6) is 11.5 Å². The highest BCUT2D eigenvalue weighted by Gasteiger charge is 2.22. The van der Waals surface area contributed by atoms with E-state index in [1.54, 1.807) is 64.8 Å². The quantitative estimate of drug-likeness (QED) is 0.0923. The topological polar surface area (TPSA) is 195 Å². The van der Waals surface area contributed by atoms with Gasteiger partial charge < -0.3 is 59.1 Å². The fourth-order valence-electron chi connectivity index (χ4n) is 4.64. The molecule has 0 aliphatic carbocycles. The fourth-order valence-corrected chi connectivity index (χ4v) is 4.64. The SMILES string of the molecule is CC.CC.CCC[C@@H](C)NC(=O)Oc1ccc(N(CCOC)CCOC)cc1.COCCN(CCOC)c1ccc(OC(=O)N[C@@H](CCC(=O)O)C(=O)O)cc1. The molecule has 0 aliphatic rings. The fraction of sp³-hybridized carbons (Fsp3) is 0.600. The summed E-state index contributed by atoms with van der Waals surface area (Å²) in [6.45, 7) is 17.3. The molecule has 0 bridgehead atoms. The molecule has 0 fully saturated rings. The van der Waals surface area contributed by atoms with Crippen LogP contribution in [-0.4, -0.2) is 127 Å². The van der Waals surface area contributed by atoms with E-state index in [0.29, 0.717) is 45.3 Å². The number of nitrogens with zero attached hydrogens (tertiary/aromatic N) is 2. The highest BCUT2D eigenvalue weighted by Crippen LogP contribution is 2.21. The number of hydrogen-bond donors (Lipinski definition) is 4. The molecule has 16 heteroatoms. The van der Waals surface area contributed by atoms with Gasteiger partial charge in [0.05, 0.1) is 26.4 Å². The van der Waals surface area contributed by atoms with Crippen LogP contribution >= 0.6 is 0 Å². The molecule has 2 rings (SSSR count). The van der Waals surface area contributed by atoms with Gasteiger partial charge in [-0.15, -0.1) is 0 Å². The Hall–Kier alpha value is -4.64. The Morgan fingerprint density at radius 3 is 1.27 bits per heavy atom. The van der Waals surface area contributed by atoms with E-state index in [9.17, 15) is 19.2 Å². The van der Waals surface area contributed by atoms with Crippen LogP contribution < -0.4 is 29.9 Å². The zero-order valence-corrected chi connectivity index (χ0v) is 35.1. The molecular formula is C40H68N4O12. The van der Waals surface area contributed by atoms with Crippen molar-refractivity contribution in [2.24, 2.45) is 0 Å². The Labute approximate surface area is 333 Å². The molecule has 0 heterocycles. The lowest BCUT2D eigenvalue weighted by atomic mass is 10.1. The molecule has 56 heavy (non-hydrogen) atoms. The number of nitrogens with one attached hydrogen (secondary N) is 2. The Morgan fingerprint density at radius 2 is 0.964 bits per heavy atom. The molecule has 0 aliphatic heterocycles. The Morgan fingerprint density at radius 1 is 0.607 bits per heavy atom. The van der Waals surface area contributed by atoms with E-state index in [2.05, 4.69) is 22.5 Å². The van der Waals surface area contributed by atoms with E-state index in [-0.39, 0.29) is 24.6 Å². The maximum atomic E-state index is 11.9. The normalized spacial score (nSPS) is 11.0. The standard InChI is InChI=1S/C18H26N2O8.C18H30N2O4.2C2H6/c1-26-11-9-20(10-12-27-2)13-3-5-14(6-4-13)28-18(25)19-15(17(23)24)7-8-16(21)22;1-5-6-15(2)19-18(21)24-17-9-7-16(8-10-17)20(11-13-22-3)12-14-23-4;2*1-2/h3-6,15H,7-12H2,1-2H3,(H,19,25)(H,21,22)(H,23,24);7-10,15H,5-6,11-14H2,1-4H3,(H,19,21);2*1-2H3/t2*15-;;/m01../s1. The number of carboxylic acids is 2. The third-order valence-electron chi connectivity index (χ3n) is 7.41. The maximum Gasteiger partial charge on any atom is 0.413 e. The number of carbonyl (C=O) groups is 4. The number of aliphatic carboxylic acids is 2. The van der Waals surface area contributed by atoms with Gasteiger partial charge in [0, 0.05) is 78.5 Å². The number of ether oxygens (including phenoxy) is 6. The summed E-state index contributed by atoms with van der Waals surface area (Å²) in [5.41, 5.74) is 1.92. The van der Waals surface area contributed by atoms with E-state index in [4.69, 9.17) is 38.6 Å². The summed E-state index contributed by atoms with van der Waals surface area (Å²) >= 11 is 0. The van der Waals surface area contributed by atoms with Crippen molar-refractivity contribution in [3.63, 3.8) is 0 Å². The monoisotopic (exact) mass is 796 g/mol. The minimum Gasteiger partial charge on any atom is -0.481 e. The lowest BCUT2D eigenvalue weighted by Gasteiger charge is -2.24. The van der Waals surface area contributed by atoms with E-state index in [1.807, 2.05) is 51.7 Å². The molecule has 16 nitrogen and oxygen atoms in total. The summed E-state index contributed by atoms with van der Waals surface area (Å²) in [5, 5.41) is 22.7. The molecule has 0 radical (unpaired) electrons. The number of hydrogen-bond acceptors (Lipinski definition) is 12. The second-order valence-corrected chi connectivity index (χ2v) is 11.5. The van der Waals surface area contributed by atoms with E-state index in [1.165, 1.54) is 0 Å². The molecule has 0 saturated carbocycles. The molecule has 2 aromatic carbocycles. The van der Waals surface area contributed by atoms with Crippen LogP contribution in [0.1, 0.15) is 67.2 Å². The number of benzene rings is 2. The zero-order chi connectivity index (χ0) is 42.7. The Kier molecular flexibility index (Phi) is 33.2. The summed E-state index contributed by atoms with van der Waals surface area (Å²) in [7, 11) is 6.60. The minimum atomic E-state index is -1.35. The molecule has 0 saturated heterocycles. The van der Waals surface area contributed by atoms with Gasteiger partial charge in [-0.1, -0.05) is 41.0 Å². The van der Waals surface area contributed by atoms with Crippen LogP contribution in [0, 0.1) is 0 Å². The predicted molar refractivity (Wildman–Crippen MR) is 218 cm³/mol. The summed E-state index contributed by atoms with van der Waals surface area (Å²) < 4.78 is 30.9. The molecular weight excluding hydrogens is 728 g/mol. The van der Waals surface area contributed by atoms with Crippen molar-refractivity contribution < 1.29 is 57.8 Å². The first-order valence-corrected chi connectivity index (χ1v) is 19.0. The van der Waals surface area contributed by atoms with Gasteiger partial charge in [-0.25, -0.2) is 14.4 Å². The number of rotatable bonds is 24. The van der Waals surface area contributed by atoms with Gasteiger partial charge in [-0.3, -0.25) is 4.79 Å². The lowest BCUT2D eigenvalue weighted by molar-refractivity contribution is -0.140. The highest BCUT2D eigenvalue weighted by molar-refractivity contribution is 5.81. The van der Waals surface area contributed by atoms with E-state index < -0.39 is 30.2 Å². The first-order valence-electron chi connectivity index (χ1n) is 19.0. The lowest BCUT2D eigenvalue weighted by Crippen LogP contribution is -2.42. The molecule has 0 aromatic heterocycles. The first kappa shape index (κ1) is 53.5. The van der Waals surface area contributed by atoms with Crippen molar-refractivity contribution in [1.29, 1.82) is 0 Å². The molecule has 0 unspecified atom stereocenters. The number of amides is 2. The summed E-state index contributed by atoms with van der Waals surface area (Å²) in [4.78, 5) is 49.6. The largest absolute Gasteiger partial charge is 0.481 e. The second-order valence-electron chi connectivity index (χ2n) is 11.5. The first-order chi connectivity index (χ1) is 27.0. The number of carbonyl (C=O) groups excluding carboxylic acids is 2. The Bertz CT molecular complexity index is 1280. The average molecular weight is 797 g/mol. The van der Waals surface area contributed by atoms with Gasteiger partial charge in [0.2, 0.25) is 0 Å². The van der Waals surface area contributed by atoms with Gasteiger partial charge in [0.15, 0.2) is 0 Å². The highest BCUT2D eigenvalue weighted by atomic mass is 16.6. The van der Waals surface area contributed by atoms with Crippen LogP contribution in [0.15, 0.2) is 48.5 Å². The summed E-state index contributed by atoms with van der Waals surface area (Å²) in [5.74, 6) is -1.73. The predicted octanol–water partition coefficient (Wildman–Crippen LogP) is 6.31. The maximum absolute atomic E-state index is 11.9. The van der Waals surface area contributed by atoms with Crippen molar-refractivity contribution in [2.45, 2.75) is 79.3 Å². The number of methoxy groups -OCH3 is 4. The van der Waals surface area contributed by atoms with Crippen molar-refractivity contribution in [3.05, 3.63) is 48.5 Å². The van der Waals surface area contributed by atoms with Gasteiger partial charge in [0.1, 0.15) is 17.5 Å². The smallest absolute Gasteiger partial charge is 0.413 e.